The molecule has 0 aromatic heterocycles. The minimum absolute atomic E-state index is 0.761. The molecular formula is C18H38N2. The summed E-state index contributed by atoms with van der Waals surface area (Å²) in [5.41, 5.74) is 0. The Balaban J connectivity index is 2.03. The van der Waals surface area contributed by atoms with E-state index in [1.165, 1.54) is 71.1 Å². The summed E-state index contributed by atoms with van der Waals surface area (Å²) in [5, 5.41) is 3.71. The van der Waals surface area contributed by atoms with E-state index in [1.54, 1.807) is 0 Å². The van der Waals surface area contributed by atoms with Crippen molar-refractivity contribution in [2.75, 3.05) is 26.2 Å². The Kier molecular flexibility index (Phi) is 9.54. The molecule has 0 spiro atoms. The van der Waals surface area contributed by atoms with Crippen LogP contribution < -0.4 is 5.32 Å². The number of rotatable bonds is 10. The second kappa shape index (κ2) is 10.6. The monoisotopic (exact) mass is 282 g/mol. The molecule has 1 N–H and O–H groups in total. The smallest absolute Gasteiger partial charge is 0.0117 e. The first-order valence-electron chi connectivity index (χ1n) is 9.09. The molecule has 0 saturated carbocycles. The Bertz CT molecular complexity index is 227. The molecule has 0 aromatic rings. The highest BCUT2D eigenvalue weighted by Crippen LogP contribution is 2.18. The minimum Gasteiger partial charge on any atom is -0.314 e. The third-order valence-electron chi connectivity index (χ3n) is 4.65. The van der Waals surface area contributed by atoms with Crippen LogP contribution in [-0.2, 0) is 0 Å². The Labute approximate surface area is 127 Å². The van der Waals surface area contributed by atoms with Gasteiger partial charge in [0.1, 0.15) is 0 Å². The van der Waals surface area contributed by atoms with Crippen molar-refractivity contribution in [1.29, 1.82) is 0 Å². The van der Waals surface area contributed by atoms with Gasteiger partial charge in [-0.3, -0.25) is 0 Å². The molecule has 2 heteroatoms. The van der Waals surface area contributed by atoms with Crippen LogP contribution in [0, 0.1) is 11.8 Å². The molecule has 1 fully saturated rings. The van der Waals surface area contributed by atoms with E-state index in [2.05, 4.69) is 37.9 Å². The molecular weight excluding hydrogens is 244 g/mol. The van der Waals surface area contributed by atoms with Crippen molar-refractivity contribution in [3.05, 3.63) is 0 Å². The predicted molar refractivity (Wildman–Crippen MR) is 90.2 cm³/mol. The lowest BCUT2D eigenvalue weighted by Gasteiger charge is -2.37. The number of unbranched alkanes of at least 4 members (excludes halogenated alkanes) is 3. The molecule has 0 bridgehead atoms. The Hall–Kier alpha value is -0.0800. The second-order valence-electron chi connectivity index (χ2n) is 7.22. The first-order valence-corrected chi connectivity index (χ1v) is 9.09. The van der Waals surface area contributed by atoms with Crippen molar-refractivity contribution in [2.24, 2.45) is 11.8 Å². The number of hydrogen-bond donors (Lipinski definition) is 1. The van der Waals surface area contributed by atoms with Crippen molar-refractivity contribution in [3.63, 3.8) is 0 Å². The van der Waals surface area contributed by atoms with Crippen LogP contribution in [0.25, 0.3) is 0 Å². The number of piperidine rings is 1. The fourth-order valence-electron chi connectivity index (χ4n) is 3.31. The zero-order chi connectivity index (χ0) is 14.8. The van der Waals surface area contributed by atoms with Crippen LogP contribution in [-0.4, -0.2) is 37.1 Å². The lowest BCUT2D eigenvalue weighted by molar-refractivity contribution is 0.145. The normalized spacial score (nSPS) is 24.4. The van der Waals surface area contributed by atoms with Crippen molar-refractivity contribution in [2.45, 2.75) is 78.7 Å². The van der Waals surface area contributed by atoms with Crippen LogP contribution in [0.3, 0.4) is 0 Å². The van der Waals surface area contributed by atoms with Gasteiger partial charge in [-0.15, -0.1) is 0 Å². The fourth-order valence-corrected chi connectivity index (χ4v) is 3.31. The average molecular weight is 283 g/mol. The highest BCUT2D eigenvalue weighted by atomic mass is 15.1. The zero-order valence-electron chi connectivity index (χ0n) is 14.5. The summed E-state index contributed by atoms with van der Waals surface area (Å²) >= 11 is 0. The minimum atomic E-state index is 0.761. The summed E-state index contributed by atoms with van der Waals surface area (Å²) in [6.07, 6.45) is 9.69. The maximum absolute atomic E-state index is 3.71. The van der Waals surface area contributed by atoms with Gasteiger partial charge in [-0.1, -0.05) is 53.4 Å². The number of nitrogens with one attached hydrogen (secondary N) is 1. The quantitative estimate of drug-likeness (QED) is 0.601. The van der Waals surface area contributed by atoms with Gasteiger partial charge in [0.25, 0.3) is 0 Å². The number of nitrogens with zero attached hydrogens (tertiary/aromatic N) is 1. The Morgan fingerprint density at radius 1 is 1.15 bits per heavy atom. The molecule has 0 radical (unpaired) electrons. The molecule has 1 saturated heterocycles. The van der Waals surface area contributed by atoms with Crippen molar-refractivity contribution >= 4 is 0 Å². The molecule has 1 heterocycles. The first-order chi connectivity index (χ1) is 9.63. The van der Waals surface area contributed by atoms with Crippen LogP contribution in [0.4, 0.5) is 0 Å². The van der Waals surface area contributed by atoms with Crippen LogP contribution in [0.2, 0.25) is 0 Å². The molecule has 1 rings (SSSR count). The molecule has 2 nitrogen and oxygen atoms in total. The molecule has 0 amide bonds. The molecule has 2 unspecified atom stereocenters. The van der Waals surface area contributed by atoms with E-state index in [0.29, 0.717) is 0 Å². The van der Waals surface area contributed by atoms with Crippen LogP contribution in [0.1, 0.15) is 72.6 Å². The standard InChI is InChI=1S/C18H38N2/c1-5-12-19-18-11-14-20(15-17(18)4)13-9-7-6-8-10-16(2)3/h16-19H,5-15H2,1-4H3. The summed E-state index contributed by atoms with van der Waals surface area (Å²) in [4.78, 5) is 2.69. The Morgan fingerprint density at radius 2 is 1.90 bits per heavy atom. The van der Waals surface area contributed by atoms with Crippen molar-refractivity contribution in [1.82, 2.24) is 10.2 Å². The van der Waals surface area contributed by atoms with E-state index in [1.807, 2.05) is 0 Å². The van der Waals surface area contributed by atoms with Gasteiger partial charge in [-0.25, -0.2) is 0 Å². The molecule has 2 atom stereocenters. The molecule has 0 aliphatic carbocycles. The largest absolute Gasteiger partial charge is 0.314 e. The summed E-state index contributed by atoms with van der Waals surface area (Å²) in [6.45, 7) is 14.5. The van der Waals surface area contributed by atoms with Gasteiger partial charge in [0.15, 0.2) is 0 Å². The molecule has 0 aromatic carbocycles. The highest BCUT2D eigenvalue weighted by Gasteiger charge is 2.24. The number of hydrogen-bond acceptors (Lipinski definition) is 2. The Morgan fingerprint density at radius 3 is 2.55 bits per heavy atom. The summed E-state index contributed by atoms with van der Waals surface area (Å²) in [7, 11) is 0. The lowest BCUT2D eigenvalue weighted by Crippen LogP contribution is -2.48. The fraction of sp³-hybridized carbons (Fsp3) is 1.00. The van der Waals surface area contributed by atoms with Gasteiger partial charge >= 0.3 is 0 Å². The van der Waals surface area contributed by atoms with Crippen molar-refractivity contribution in [3.8, 4) is 0 Å². The summed E-state index contributed by atoms with van der Waals surface area (Å²) in [6, 6.07) is 0.761. The molecule has 20 heavy (non-hydrogen) atoms. The zero-order valence-corrected chi connectivity index (χ0v) is 14.5. The van der Waals surface area contributed by atoms with E-state index in [9.17, 15) is 0 Å². The van der Waals surface area contributed by atoms with Gasteiger partial charge in [-0.2, -0.15) is 0 Å². The third kappa shape index (κ3) is 7.64. The van der Waals surface area contributed by atoms with Crippen LogP contribution in [0.15, 0.2) is 0 Å². The van der Waals surface area contributed by atoms with Gasteiger partial charge in [-0.05, 0) is 50.7 Å². The van der Waals surface area contributed by atoms with E-state index in [-0.39, 0.29) is 0 Å². The van der Waals surface area contributed by atoms with E-state index in [0.717, 1.165) is 17.9 Å². The molecule has 120 valence electrons. The highest BCUT2D eigenvalue weighted by molar-refractivity contribution is 4.82. The third-order valence-corrected chi connectivity index (χ3v) is 4.65. The average Bonchev–Trinajstić information content (AvgIpc) is 2.41. The van der Waals surface area contributed by atoms with Gasteiger partial charge < -0.3 is 10.2 Å². The first kappa shape index (κ1) is 18.0. The van der Waals surface area contributed by atoms with Crippen LogP contribution >= 0.6 is 0 Å². The SMILES string of the molecule is CCCNC1CCN(CCCCCCC(C)C)CC1C. The molecule has 1 aliphatic heterocycles. The molecule has 1 aliphatic rings. The summed E-state index contributed by atoms with van der Waals surface area (Å²) < 4.78 is 0. The predicted octanol–water partition coefficient (Wildman–Crippen LogP) is 4.30. The van der Waals surface area contributed by atoms with E-state index in [4.69, 9.17) is 0 Å². The van der Waals surface area contributed by atoms with E-state index >= 15 is 0 Å². The summed E-state index contributed by atoms with van der Waals surface area (Å²) in [5.74, 6) is 1.70. The van der Waals surface area contributed by atoms with Crippen molar-refractivity contribution < 1.29 is 0 Å². The van der Waals surface area contributed by atoms with Crippen LogP contribution in [0.5, 0.6) is 0 Å². The van der Waals surface area contributed by atoms with E-state index < -0.39 is 0 Å². The lowest BCUT2D eigenvalue weighted by atomic mass is 9.93. The van der Waals surface area contributed by atoms with Gasteiger partial charge in [0.2, 0.25) is 0 Å². The maximum Gasteiger partial charge on any atom is 0.0117 e. The maximum atomic E-state index is 3.71. The van der Waals surface area contributed by atoms with Gasteiger partial charge in [0, 0.05) is 12.6 Å². The topological polar surface area (TPSA) is 15.3 Å². The van der Waals surface area contributed by atoms with Gasteiger partial charge in [0.05, 0.1) is 0 Å². The second-order valence-corrected chi connectivity index (χ2v) is 7.22. The number of likely N-dealkylation sites (tertiary alicyclic amines) is 1.